The quantitative estimate of drug-likeness (QED) is 0.568. The van der Waals surface area contributed by atoms with Gasteiger partial charge in [0.25, 0.3) is 0 Å². The molecule has 0 bridgehead atoms. The molecule has 27 heavy (non-hydrogen) atoms. The lowest BCUT2D eigenvalue weighted by atomic mass is 10.3. The summed E-state index contributed by atoms with van der Waals surface area (Å²) in [5, 5.41) is 9.04. The number of nitrogens with one attached hydrogen (secondary N) is 2. The summed E-state index contributed by atoms with van der Waals surface area (Å²) in [5.74, 6) is 1.31. The lowest BCUT2D eigenvalue weighted by Crippen LogP contribution is -2.27. The zero-order valence-electron chi connectivity index (χ0n) is 15.0. The number of rotatable bonds is 11. The number of amides is 2. The summed E-state index contributed by atoms with van der Waals surface area (Å²) in [4.78, 5) is 23.4. The second-order valence-electron chi connectivity index (χ2n) is 5.72. The first-order valence-corrected chi connectivity index (χ1v) is 9.64. The molecule has 0 aliphatic carbocycles. The third-order valence-electron chi connectivity index (χ3n) is 3.34. The van der Waals surface area contributed by atoms with Crippen LogP contribution in [0.15, 0.2) is 34.9 Å². The number of unbranched alkanes of at least 4 members (excludes halogenated alkanes) is 1. The number of anilines is 1. The van der Waals surface area contributed by atoms with E-state index < -0.39 is 0 Å². The van der Waals surface area contributed by atoms with Crippen molar-refractivity contribution in [1.82, 2.24) is 10.5 Å². The van der Waals surface area contributed by atoms with E-state index in [4.69, 9.17) is 9.26 Å². The first-order valence-electron chi connectivity index (χ1n) is 8.49. The van der Waals surface area contributed by atoms with E-state index in [1.165, 1.54) is 23.9 Å². The maximum absolute atomic E-state index is 12.8. The van der Waals surface area contributed by atoms with Crippen LogP contribution in [0.1, 0.15) is 18.6 Å². The Labute approximate surface area is 161 Å². The smallest absolute Gasteiger partial charge is 0.235 e. The van der Waals surface area contributed by atoms with Crippen molar-refractivity contribution in [2.45, 2.75) is 19.8 Å². The van der Waals surface area contributed by atoms with Gasteiger partial charge in [-0.2, -0.15) is 0 Å². The summed E-state index contributed by atoms with van der Waals surface area (Å²) in [6.07, 6.45) is 1.54. The van der Waals surface area contributed by atoms with Crippen molar-refractivity contribution in [3.8, 4) is 5.75 Å². The first kappa shape index (κ1) is 20.8. The molecule has 0 spiro atoms. The van der Waals surface area contributed by atoms with Crippen LogP contribution in [0.2, 0.25) is 0 Å². The van der Waals surface area contributed by atoms with Gasteiger partial charge < -0.3 is 19.9 Å². The second-order valence-corrected chi connectivity index (χ2v) is 6.71. The number of halogens is 1. The van der Waals surface area contributed by atoms with E-state index >= 15 is 0 Å². The number of hydrogen-bond acceptors (Lipinski definition) is 6. The third-order valence-corrected chi connectivity index (χ3v) is 4.27. The monoisotopic (exact) mass is 395 g/mol. The van der Waals surface area contributed by atoms with Crippen LogP contribution in [-0.2, 0) is 9.59 Å². The van der Waals surface area contributed by atoms with Crippen molar-refractivity contribution in [3.05, 3.63) is 41.9 Å². The average Bonchev–Trinajstić information content (AvgIpc) is 3.04. The van der Waals surface area contributed by atoms with E-state index in [2.05, 4.69) is 15.8 Å². The van der Waals surface area contributed by atoms with Crippen molar-refractivity contribution < 1.29 is 23.2 Å². The Hall–Kier alpha value is -2.55. The van der Waals surface area contributed by atoms with Crippen molar-refractivity contribution in [3.63, 3.8) is 0 Å². The standard InChI is InChI=1S/C18H22FN3O4S/c1-13-10-16(22-26-13)21-18(24)12-27-11-17(23)20-8-2-3-9-25-15-6-4-14(19)5-7-15/h4-7,10H,2-3,8-9,11-12H2,1H3,(H,20,23)(H,21,22,24). The summed E-state index contributed by atoms with van der Waals surface area (Å²) >= 11 is 1.22. The highest BCUT2D eigenvalue weighted by molar-refractivity contribution is 8.00. The molecule has 9 heteroatoms. The van der Waals surface area contributed by atoms with Crippen molar-refractivity contribution >= 4 is 29.4 Å². The molecule has 146 valence electrons. The van der Waals surface area contributed by atoms with Crippen LogP contribution in [0.25, 0.3) is 0 Å². The van der Waals surface area contributed by atoms with Gasteiger partial charge in [0.2, 0.25) is 11.8 Å². The number of aromatic nitrogens is 1. The number of aryl methyl sites for hydroxylation is 1. The molecule has 2 rings (SSSR count). The number of carbonyl (C=O) groups excluding carboxylic acids is 2. The maximum atomic E-state index is 12.8. The van der Waals surface area contributed by atoms with Crippen LogP contribution in [0.3, 0.4) is 0 Å². The number of ether oxygens (including phenoxy) is 1. The van der Waals surface area contributed by atoms with Crippen LogP contribution >= 0.6 is 11.8 Å². The molecular weight excluding hydrogens is 373 g/mol. The van der Waals surface area contributed by atoms with E-state index in [1.807, 2.05) is 0 Å². The number of thioether (sulfide) groups is 1. The van der Waals surface area contributed by atoms with Gasteiger partial charge in [-0.15, -0.1) is 11.8 Å². The molecule has 0 aliphatic rings. The molecule has 1 aromatic heterocycles. The normalized spacial score (nSPS) is 10.4. The minimum Gasteiger partial charge on any atom is -0.494 e. The molecule has 0 saturated carbocycles. The fraction of sp³-hybridized carbons (Fsp3) is 0.389. The Bertz CT molecular complexity index is 736. The second kappa shape index (κ2) is 11.2. The zero-order chi connectivity index (χ0) is 19.5. The van der Waals surface area contributed by atoms with E-state index in [0.717, 1.165) is 12.8 Å². The summed E-state index contributed by atoms with van der Waals surface area (Å²) < 4.78 is 23.1. The summed E-state index contributed by atoms with van der Waals surface area (Å²) in [7, 11) is 0. The zero-order valence-corrected chi connectivity index (χ0v) is 15.8. The van der Waals surface area contributed by atoms with Gasteiger partial charge >= 0.3 is 0 Å². The lowest BCUT2D eigenvalue weighted by Gasteiger charge is -2.07. The summed E-state index contributed by atoms with van der Waals surface area (Å²) in [6, 6.07) is 7.47. The molecule has 0 fully saturated rings. The Kier molecular flexibility index (Phi) is 8.63. The van der Waals surface area contributed by atoms with Gasteiger partial charge in [0.1, 0.15) is 17.3 Å². The number of carbonyl (C=O) groups is 2. The molecule has 0 unspecified atom stereocenters. The summed E-state index contributed by atoms with van der Waals surface area (Å²) in [5.41, 5.74) is 0. The Morgan fingerprint density at radius 1 is 1.19 bits per heavy atom. The molecule has 1 aromatic carbocycles. The lowest BCUT2D eigenvalue weighted by molar-refractivity contribution is -0.118. The van der Waals surface area contributed by atoms with E-state index in [9.17, 15) is 14.0 Å². The Morgan fingerprint density at radius 2 is 1.93 bits per heavy atom. The fourth-order valence-corrected chi connectivity index (χ4v) is 2.71. The molecule has 0 radical (unpaired) electrons. The predicted molar refractivity (Wildman–Crippen MR) is 101 cm³/mol. The largest absolute Gasteiger partial charge is 0.494 e. The van der Waals surface area contributed by atoms with Gasteiger partial charge in [-0.25, -0.2) is 4.39 Å². The van der Waals surface area contributed by atoms with Crippen LogP contribution in [0, 0.1) is 12.7 Å². The van der Waals surface area contributed by atoms with Crippen molar-refractivity contribution in [2.75, 3.05) is 30.0 Å². The molecule has 1 heterocycles. The third kappa shape index (κ3) is 8.59. The molecule has 0 saturated heterocycles. The highest BCUT2D eigenvalue weighted by Crippen LogP contribution is 2.11. The molecule has 2 aromatic rings. The average molecular weight is 395 g/mol. The minimum absolute atomic E-state index is 0.121. The molecular formula is C18H22FN3O4S. The van der Waals surface area contributed by atoms with Crippen molar-refractivity contribution in [2.24, 2.45) is 0 Å². The van der Waals surface area contributed by atoms with Gasteiger partial charge in [0.15, 0.2) is 5.82 Å². The topological polar surface area (TPSA) is 93.5 Å². The molecule has 2 amide bonds. The van der Waals surface area contributed by atoms with Crippen LogP contribution < -0.4 is 15.4 Å². The highest BCUT2D eigenvalue weighted by Gasteiger charge is 2.08. The van der Waals surface area contributed by atoms with Crippen molar-refractivity contribution in [1.29, 1.82) is 0 Å². The fourth-order valence-electron chi connectivity index (χ4n) is 2.07. The van der Waals surface area contributed by atoms with Gasteiger partial charge in [0.05, 0.1) is 18.1 Å². The van der Waals surface area contributed by atoms with Crippen LogP contribution in [0.4, 0.5) is 10.2 Å². The number of benzene rings is 1. The minimum atomic E-state index is -0.298. The Balaban J connectivity index is 1.46. The van der Waals surface area contributed by atoms with Gasteiger partial charge in [-0.3, -0.25) is 9.59 Å². The van der Waals surface area contributed by atoms with E-state index in [1.54, 1.807) is 25.1 Å². The molecule has 7 nitrogen and oxygen atoms in total. The van der Waals surface area contributed by atoms with Gasteiger partial charge in [-0.1, -0.05) is 5.16 Å². The number of nitrogens with zero attached hydrogens (tertiary/aromatic N) is 1. The number of hydrogen-bond donors (Lipinski definition) is 2. The predicted octanol–water partition coefficient (Wildman–Crippen LogP) is 2.77. The molecule has 0 aliphatic heterocycles. The van der Waals surface area contributed by atoms with E-state index in [0.29, 0.717) is 30.5 Å². The summed E-state index contributed by atoms with van der Waals surface area (Å²) in [6.45, 7) is 2.77. The maximum Gasteiger partial charge on any atom is 0.235 e. The Morgan fingerprint density at radius 3 is 2.63 bits per heavy atom. The first-order chi connectivity index (χ1) is 13.0. The van der Waals surface area contributed by atoms with Crippen LogP contribution in [0.5, 0.6) is 5.75 Å². The van der Waals surface area contributed by atoms with Crippen LogP contribution in [-0.4, -0.2) is 41.6 Å². The van der Waals surface area contributed by atoms with E-state index in [-0.39, 0.29) is 29.1 Å². The van der Waals surface area contributed by atoms with Gasteiger partial charge in [-0.05, 0) is 44.0 Å². The SMILES string of the molecule is Cc1cc(NC(=O)CSCC(=O)NCCCCOc2ccc(F)cc2)no1. The molecule has 2 N–H and O–H groups in total. The van der Waals surface area contributed by atoms with Gasteiger partial charge in [0, 0.05) is 12.6 Å². The highest BCUT2D eigenvalue weighted by atomic mass is 32.2. The molecule has 0 atom stereocenters.